The summed E-state index contributed by atoms with van der Waals surface area (Å²) in [6.45, 7) is 6.74. The highest BCUT2D eigenvalue weighted by atomic mass is 35.5. The molecule has 0 unspecified atom stereocenters. The smallest absolute Gasteiger partial charge is 0.0876 e. The molecule has 1 nitrogen and oxygen atoms in total. The van der Waals surface area contributed by atoms with Crippen LogP contribution in [0, 0.1) is 0 Å². The molecule has 0 N–H and O–H groups in total. The van der Waals surface area contributed by atoms with Gasteiger partial charge in [-0.2, -0.15) is 0 Å². The van der Waals surface area contributed by atoms with Crippen LogP contribution in [0.1, 0.15) is 58.4 Å². The third kappa shape index (κ3) is 3.35. The lowest BCUT2D eigenvalue weighted by molar-refractivity contribution is 0.366. The van der Waals surface area contributed by atoms with Crippen LogP contribution in [0.15, 0.2) is 34.2 Å². The molecular formula is C16H24ClNS. The van der Waals surface area contributed by atoms with E-state index in [1.807, 2.05) is 11.8 Å². The molecular weight excluding hydrogens is 274 g/mol. The second-order valence-electron chi connectivity index (χ2n) is 4.99. The third-order valence-electron chi connectivity index (χ3n) is 3.58. The van der Waals surface area contributed by atoms with Crippen molar-refractivity contribution in [2.75, 3.05) is 0 Å². The number of benzene rings is 1. The summed E-state index contributed by atoms with van der Waals surface area (Å²) in [5, 5.41) is 1.30. The highest BCUT2D eigenvalue weighted by Gasteiger charge is 2.35. The monoisotopic (exact) mass is 297 g/mol. The van der Waals surface area contributed by atoms with Crippen LogP contribution in [-0.2, 0) is 5.54 Å². The summed E-state index contributed by atoms with van der Waals surface area (Å²) in [5.74, 6) is 0. The molecule has 1 aliphatic heterocycles. The van der Waals surface area contributed by atoms with Crippen molar-refractivity contribution in [1.82, 2.24) is 0 Å². The number of hydrogen-bond donors (Lipinski definition) is 0. The number of thioether (sulfide) groups is 1. The second kappa shape index (κ2) is 7.35. The van der Waals surface area contributed by atoms with Gasteiger partial charge in [-0.1, -0.05) is 63.6 Å². The van der Waals surface area contributed by atoms with Crippen molar-refractivity contribution in [3.8, 4) is 0 Å². The van der Waals surface area contributed by atoms with Crippen molar-refractivity contribution in [3.05, 3.63) is 29.8 Å². The second-order valence-corrected chi connectivity index (χ2v) is 6.10. The molecule has 0 radical (unpaired) electrons. The SMILES string of the molecule is CCCC1(CCC)N=C(CC)Sc2ccccc21.Cl. The molecule has 0 saturated heterocycles. The van der Waals surface area contributed by atoms with E-state index in [1.165, 1.54) is 41.2 Å². The van der Waals surface area contributed by atoms with Gasteiger partial charge in [0, 0.05) is 4.90 Å². The Labute approximate surface area is 127 Å². The quantitative estimate of drug-likeness (QED) is 0.667. The average Bonchev–Trinajstić information content (AvgIpc) is 2.39. The molecule has 19 heavy (non-hydrogen) atoms. The Hall–Kier alpha value is -0.470. The number of halogens is 1. The van der Waals surface area contributed by atoms with Crippen LogP contribution in [0.5, 0.6) is 0 Å². The first-order valence-electron chi connectivity index (χ1n) is 7.11. The van der Waals surface area contributed by atoms with E-state index in [9.17, 15) is 0 Å². The summed E-state index contributed by atoms with van der Waals surface area (Å²) < 4.78 is 0. The molecule has 1 heterocycles. The average molecular weight is 298 g/mol. The largest absolute Gasteiger partial charge is 0.271 e. The van der Waals surface area contributed by atoms with Crippen LogP contribution in [-0.4, -0.2) is 5.04 Å². The van der Waals surface area contributed by atoms with Gasteiger partial charge in [0.25, 0.3) is 0 Å². The van der Waals surface area contributed by atoms with Crippen molar-refractivity contribution in [3.63, 3.8) is 0 Å². The first kappa shape index (κ1) is 16.6. The minimum atomic E-state index is 0. The maximum Gasteiger partial charge on any atom is 0.0876 e. The molecule has 0 bridgehead atoms. The summed E-state index contributed by atoms with van der Waals surface area (Å²) >= 11 is 1.86. The van der Waals surface area contributed by atoms with Gasteiger partial charge in [0.1, 0.15) is 0 Å². The lowest BCUT2D eigenvalue weighted by Crippen LogP contribution is -2.28. The van der Waals surface area contributed by atoms with E-state index in [2.05, 4.69) is 45.0 Å². The van der Waals surface area contributed by atoms with Crippen LogP contribution in [0.25, 0.3) is 0 Å². The predicted molar refractivity (Wildman–Crippen MR) is 88.8 cm³/mol. The summed E-state index contributed by atoms with van der Waals surface area (Å²) in [6.07, 6.45) is 5.77. The first-order chi connectivity index (χ1) is 8.75. The van der Waals surface area contributed by atoms with Crippen LogP contribution in [0.3, 0.4) is 0 Å². The van der Waals surface area contributed by atoms with Gasteiger partial charge < -0.3 is 0 Å². The van der Waals surface area contributed by atoms with Crippen LogP contribution in [0.4, 0.5) is 0 Å². The highest BCUT2D eigenvalue weighted by Crippen LogP contribution is 2.45. The van der Waals surface area contributed by atoms with E-state index < -0.39 is 0 Å². The lowest BCUT2D eigenvalue weighted by atomic mass is 9.82. The lowest BCUT2D eigenvalue weighted by Gasteiger charge is -2.36. The zero-order chi connectivity index (χ0) is 13.0. The molecule has 0 aromatic heterocycles. The van der Waals surface area contributed by atoms with Crippen molar-refractivity contribution < 1.29 is 0 Å². The molecule has 1 aromatic carbocycles. The van der Waals surface area contributed by atoms with Gasteiger partial charge in [-0.05, 0) is 30.9 Å². The molecule has 0 aliphatic carbocycles. The van der Waals surface area contributed by atoms with Gasteiger partial charge in [0.2, 0.25) is 0 Å². The molecule has 0 fully saturated rings. The number of hydrogen-bond acceptors (Lipinski definition) is 2. The van der Waals surface area contributed by atoms with Gasteiger partial charge >= 0.3 is 0 Å². The Balaban J connectivity index is 0.00000180. The maximum atomic E-state index is 5.13. The van der Waals surface area contributed by atoms with E-state index >= 15 is 0 Å². The van der Waals surface area contributed by atoms with Crippen LogP contribution in [0.2, 0.25) is 0 Å². The first-order valence-corrected chi connectivity index (χ1v) is 7.93. The molecule has 2 rings (SSSR count). The number of aliphatic imine (C=N–C) groups is 1. The van der Waals surface area contributed by atoms with Crippen LogP contribution >= 0.6 is 24.2 Å². The molecule has 106 valence electrons. The minimum absolute atomic E-state index is 0. The van der Waals surface area contributed by atoms with Crippen molar-refractivity contribution in [2.45, 2.75) is 63.3 Å². The van der Waals surface area contributed by atoms with E-state index in [-0.39, 0.29) is 17.9 Å². The molecule has 0 spiro atoms. The highest BCUT2D eigenvalue weighted by molar-refractivity contribution is 8.14. The van der Waals surface area contributed by atoms with Gasteiger partial charge in [-0.3, -0.25) is 4.99 Å². The van der Waals surface area contributed by atoms with Crippen molar-refractivity contribution in [2.24, 2.45) is 4.99 Å². The molecule has 0 saturated carbocycles. The number of fused-ring (bicyclic) bond motifs is 1. The fourth-order valence-corrected chi connectivity index (χ4v) is 4.01. The maximum absolute atomic E-state index is 5.13. The number of rotatable bonds is 5. The summed E-state index contributed by atoms with van der Waals surface area (Å²) in [6, 6.07) is 8.84. The Morgan fingerprint density at radius 1 is 1.05 bits per heavy atom. The Morgan fingerprint density at radius 3 is 2.26 bits per heavy atom. The molecule has 3 heteroatoms. The minimum Gasteiger partial charge on any atom is -0.271 e. The topological polar surface area (TPSA) is 12.4 Å². The Kier molecular flexibility index (Phi) is 6.41. The predicted octanol–water partition coefficient (Wildman–Crippen LogP) is 5.82. The molecule has 1 aromatic rings. The number of nitrogens with zero attached hydrogens (tertiary/aromatic N) is 1. The van der Waals surface area contributed by atoms with Gasteiger partial charge in [-0.25, -0.2) is 0 Å². The van der Waals surface area contributed by atoms with Crippen molar-refractivity contribution >= 4 is 29.2 Å². The molecule has 0 amide bonds. The van der Waals surface area contributed by atoms with E-state index in [0.717, 1.165) is 6.42 Å². The normalized spacial score (nSPS) is 16.3. The van der Waals surface area contributed by atoms with Crippen LogP contribution < -0.4 is 0 Å². The van der Waals surface area contributed by atoms with E-state index in [1.54, 1.807) is 0 Å². The molecule has 0 atom stereocenters. The fourth-order valence-electron chi connectivity index (χ4n) is 2.87. The van der Waals surface area contributed by atoms with Gasteiger partial charge in [0.05, 0.1) is 10.6 Å². The van der Waals surface area contributed by atoms with E-state index in [4.69, 9.17) is 4.99 Å². The fraction of sp³-hybridized carbons (Fsp3) is 0.562. The van der Waals surface area contributed by atoms with Crippen molar-refractivity contribution in [1.29, 1.82) is 0 Å². The molecule has 1 aliphatic rings. The van der Waals surface area contributed by atoms with Gasteiger partial charge in [-0.15, -0.1) is 12.4 Å². The third-order valence-corrected chi connectivity index (χ3v) is 4.78. The standard InChI is InChI=1S/C16H23NS.ClH/c1-4-11-16(12-5-2)13-9-7-8-10-14(13)18-15(6-3)17-16;/h7-10H,4-6,11-12H2,1-3H3;1H. The Bertz CT molecular complexity index is 436. The Morgan fingerprint density at radius 2 is 1.68 bits per heavy atom. The van der Waals surface area contributed by atoms with E-state index in [0.29, 0.717) is 0 Å². The summed E-state index contributed by atoms with van der Waals surface area (Å²) in [4.78, 5) is 6.55. The summed E-state index contributed by atoms with van der Waals surface area (Å²) in [5.41, 5.74) is 1.51. The summed E-state index contributed by atoms with van der Waals surface area (Å²) in [7, 11) is 0. The zero-order valence-corrected chi connectivity index (χ0v) is 13.7. The van der Waals surface area contributed by atoms with Gasteiger partial charge in [0.15, 0.2) is 0 Å². The zero-order valence-electron chi connectivity index (χ0n) is 12.1.